The van der Waals surface area contributed by atoms with Gasteiger partial charge in [0, 0.05) is 0 Å². The molecule has 0 aliphatic rings. The van der Waals surface area contributed by atoms with Crippen molar-refractivity contribution in [3.63, 3.8) is 0 Å². The van der Waals surface area contributed by atoms with Crippen LogP contribution in [0.2, 0.25) is 0 Å². The summed E-state index contributed by atoms with van der Waals surface area (Å²) in [6, 6.07) is 3.26. The van der Waals surface area contributed by atoms with Gasteiger partial charge in [0.2, 0.25) is 0 Å². The van der Waals surface area contributed by atoms with E-state index < -0.39 is 5.54 Å². The van der Waals surface area contributed by atoms with E-state index in [1.54, 1.807) is 12.1 Å². The highest BCUT2D eigenvalue weighted by atomic mass is 16.3. The van der Waals surface area contributed by atoms with E-state index in [-0.39, 0.29) is 18.3 Å². The molecular formula is C11H17NO3. The molecule has 1 heterocycles. The van der Waals surface area contributed by atoms with Gasteiger partial charge in [-0.3, -0.25) is 4.79 Å². The molecule has 0 saturated heterocycles. The van der Waals surface area contributed by atoms with Crippen LogP contribution in [0.25, 0.3) is 0 Å². The van der Waals surface area contributed by atoms with Gasteiger partial charge < -0.3 is 14.8 Å². The lowest BCUT2D eigenvalue weighted by molar-refractivity contribution is 0.0790. The number of hydrogen-bond donors (Lipinski definition) is 2. The Morgan fingerprint density at radius 1 is 1.53 bits per heavy atom. The van der Waals surface area contributed by atoms with Crippen molar-refractivity contribution in [3.8, 4) is 0 Å². The first-order valence-corrected chi connectivity index (χ1v) is 5.14. The zero-order valence-electron chi connectivity index (χ0n) is 9.12. The number of carbonyl (C=O) groups excluding carboxylic acids is 1. The molecule has 0 bridgehead atoms. The van der Waals surface area contributed by atoms with Crippen LogP contribution in [0.4, 0.5) is 0 Å². The first-order chi connectivity index (χ1) is 7.17. The van der Waals surface area contributed by atoms with Crippen LogP contribution in [-0.4, -0.2) is 23.2 Å². The summed E-state index contributed by atoms with van der Waals surface area (Å²) < 4.78 is 4.98. The SMILES string of the molecule is CCC(CC)(CO)NC(=O)c1ccco1. The molecule has 1 rings (SSSR count). The number of carbonyl (C=O) groups is 1. The average Bonchev–Trinajstić information content (AvgIpc) is 2.79. The van der Waals surface area contributed by atoms with E-state index in [4.69, 9.17) is 4.42 Å². The molecule has 0 aliphatic heterocycles. The van der Waals surface area contributed by atoms with Crippen molar-refractivity contribution in [2.75, 3.05) is 6.61 Å². The molecule has 0 atom stereocenters. The number of aliphatic hydroxyl groups excluding tert-OH is 1. The quantitative estimate of drug-likeness (QED) is 0.777. The smallest absolute Gasteiger partial charge is 0.287 e. The van der Waals surface area contributed by atoms with Crippen molar-refractivity contribution in [2.45, 2.75) is 32.2 Å². The third kappa shape index (κ3) is 2.59. The second kappa shape index (κ2) is 4.98. The van der Waals surface area contributed by atoms with Crippen molar-refractivity contribution in [1.82, 2.24) is 5.32 Å². The molecule has 0 unspecified atom stereocenters. The van der Waals surface area contributed by atoms with E-state index in [9.17, 15) is 9.90 Å². The first kappa shape index (κ1) is 11.8. The Morgan fingerprint density at radius 3 is 2.60 bits per heavy atom. The van der Waals surface area contributed by atoms with E-state index in [1.165, 1.54) is 6.26 Å². The normalized spacial score (nSPS) is 11.4. The average molecular weight is 211 g/mol. The molecule has 0 radical (unpaired) electrons. The topological polar surface area (TPSA) is 62.5 Å². The van der Waals surface area contributed by atoms with Crippen LogP contribution in [0, 0.1) is 0 Å². The van der Waals surface area contributed by atoms with Gasteiger partial charge in [0.25, 0.3) is 5.91 Å². The van der Waals surface area contributed by atoms with Gasteiger partial charge >= 0.3 is 0 Å². The highest BCUT2D eigenvalue weighted by molar-refractivity contribution is 5.91. The fourth-order valence-electron chi connectivity index (χ4n) is 1.40. The molecule has 4 heteroatoms. The van der Waals surface area contributed by atoms with Crippen LogP contribution in [0.3, 0.4) is 0 Å². The number of rotatable bonds is 5. The summed E-state index contributed by atoms with van der Waals surface area (Å²) in [5.74, 6) is -0.00697. The summed E-state index contributed by atoms with van der Waals surface area (Å²) in [5, 5.41) is 12.1. The second-order valence-electron chi connectivity index (χ2n) is 3.58. The summed E-state index contributed by atoms with van der Waals surface area (Å²) in [5.41, 5.74) is -0.538. The monoisotopic (exact) mass is 211 g/mol. The molecule has 0 saturated carbocycles. The molecule has 0 spiro atoms. The summed E-state index contributed by atoms with van der Waals surface area (Å²) in [6.45, 7) is 3.80. The zero-order chi connectivity index (χ0) is 11.3. The van der Waals surface area contributed by atoms with E-state index in [0.29, 0.717) is 12.8 Å². The Morgan fingerprint density at radius 2 is 2.20 bits per heavy atom. The van der Waals surface area contributed by atoms with Crippen LogP contribution in [-0.2, 0) is 0 Å². The number of amides is 1. The van der Waals surface area contributed by atoms with Crippen LogP contribution in [0.1, 0.15) is 37.2 Å². The van der Waals surface area contributed by atoms with Crippen LogP contribution >= 0.6 is 0 Å². The minimum absolute atomic E-state index is 0.0630. The highest BCUT2D eigenvalue weighted by Crippen LogP contribution is 2.15. The molecule has 1 aromatic rings. The molecule has 1 aromatic heterocycles. The molecule has 0 fully saturated rings. The van der Waals surface area contributed by atoms with Crippen molar-refractivity contribution in [1.29, 1.82) is 0 Å². The van der Waals surface area contributed by atoms with E-state index in [0.717, 1.165) is 0 Å². The molecule has 2 N–H and O–H groups in total. The molecule has 15 heavy (non-hydrogen) atoms. The molecule has 4 nitrogen and oxygen atoms in total. The Labute approximate surface area is 89.3 Å². The minimum atomic E-state index is -0.538. The Balaban J connectivity index is 2.71. The van der Waals surface area contributed by atoms with E-state index in [2.05, 4.69) is 5.32 Å². The summed E-state index contributed by atoms with van der Waals surface area (Å²) in [6.07, 6.45) is 2.83. The molecule has 0 aromatic carbocycles. The van der Waals surface area contributed by atoms with Gasteiger partial charge in [-0.05, 0) is 25.0 Å². The molecule has 84 valence electrons. The third-order valence-corrected chi connectivity index (χ3v) is 2.78. The Kier molecular flexibility index (Phi) is 3.91. The van der Waals surface area contributed by atoms with Gasteiger partial charge in [-0.15, -0.1) is 0 Å². The van der Waals surface area contributed by atoms with Crippen LogP contribution in [0.5, 0.6) is 0 Å². The minimum Gasteiger partial charge on any atom is -0.459 e. The predicted molar refractivity (Wildman–Crippen MR) is 56.6 cm³/mol. The lowest BCUT2D eigenvalue weighted by atomic mass is 9.94. The zero-order valence-corrected chi connectivity index (χ0v) is 9.12. The maximum Gasteiger partial charge on any atom is 0.287 e. The lowest BCUT2D eigenvalue weighted by Crippen LogP contribution is -2.50. The highest BCUT2D eigenvalue weighted by Gasteiger charge is 2.28. The van der Waals surface area contributed by atoms with Gasteiger partial charge in [0.1, 0.15) is 0 Å². The Bertz CT molecular complexity index is 293. The molecule has 1 amide bonds. The molecule has 0 aliphatic carbocycles. The summed E-state index contributed by atoms with van der Waals surface area (Å²) >= 11 is 0. The molecular weight excluding hydrogens is 194 g/mol. The van der Waals surface area contributed by atoms with Crippen molar-refractivity contribution in [3.05, 3.63) is 24.2 Å². The fourth-order valence-corrected chi connectivity index (χ4v) is 1.40. The second-order valence-corrected chi connectivity index (χ2v) is 3.58. The van der Waals surface area contributed by atoms with Gasteiger partial charge in [0.15, 0.2) is 5.76 Å². The largest absolute Gasteiger partial charge is 0.459 e. The van der Waals surface area contributed by atoms with Gasteiger partial charge in [-0.2, -0.15) is 0 Å². The summed E-state index contributed by atoms with van der Waals surface area (Å²) in [7, 11) is 0. The van der Waals surface area contributed by atoms with Crippen molar-refractivity contribution < 1.29 is 14.3 Å². The van der Waals surface area contributed by atoms with Gasteiger partial charge in [-0.1, -0.05) is 13.8 Å². The van der Waals surface area contributed by atoms with E-state index in [1.807, 2.05) is 13.8 Å². The van der Waals surface area contributed by atoms with Gasteiger partial charge in [0.05, 0.1) is 18.4 Å². The standard InChI is InChI=1S/C11H17NO3/c1-3-11(4-2,8-13)12-10(14)9-6-5-7-15-9/h5-7,13H,3-4,8H2,1-2H3,(H,12,14). The first-order valence-electron chi connectivity index (χ1n) is 5.14. The Hall–Kier alpha value is -1.29. The van der Waals surface area contributed by atoms with Gasteiger partial charge in [-0.25, -0.2) is 0 Å². The number of nitrogens with one attached hydrogen (secondary N) is 1. The van der Waals surface area contributed by atoms with Crippen molar-refractivity contribution in [2.24, 2.45) is 0 Å². The maximum absolute atomic E-state index is 11.7. The third-order valence-electron chi connectivity index (χ3n) is 2.78. The number of hydrogen-bond acceptors (Lipinski definition) is 3. The van der Waals surface area contributed by atoms with Crippen molar-refractivity contribution >= 4 is 5.91 Å². The number of aliphatic hydroxyl groups is 1. The number of furan rings is 1. The maximum atomic E-state index is 11.7. The van der Waals surface area contributed by atoms with Crippen LogP contribution in [0.15, 0.2) is 22.8 Å². The lowest BCUT2D eigenvalue weighted by Gasteiger charge is -2.30. The predicted octanol–water partition coefficient (Wildman–Crippen LogP) is 1.56. The summed E-state index contributed by atoms with van der Waals surface area (Å²) in [4.78, 5) is 11.7. The van der Waals surface area contributed by atoms with E-state index >= 15 is 0 Å². The fraction of sp³-hybridized carbons (Fsp3) is 0.545. The van der Waals surface area contributed by atoms with Crippen LogP contribution < -0.4 is 5.32 Å².